The lowest BCUT2D eigenvalue weighted by Crippen LogP contribution is -2.62. The third-order valence-electron chi connectivity index (χ3n) is 7.15. The Kier molecular flexibility index (Phi) is 8.26. The van der Waals surface area contributed by atoms with Gasteiger partial charge in [0.05, 0.1) is 24.4 Å². The van der Waals surface area contributed by atoms with Gasteiger partial charge in [0.15, 0.2) is 0 Å². The zero-order chi connectivity index (χ0) is 23.4. The van der Waals surface area contributed by atoms with Gasteiger partial charge in [-0.1, -0.05) is 0 Å². The van der Waals surface area contributed by atoms with Crippen molar-refractivity contribution in [2.24, 2.45) is 0 Å². The van der Waals surface area contributed by atoms with Gasteiger partial charge < -0.3 is 19.1 Å². The van der Waals surface area contributed by atoms with Crippen LogP contribution < -0.4 is 4.74 Å². The summed E-state index contributed by atoms with van der Waals surface area (Å²) >= 11 is 2.07. The Morgan fingerprint density at radius 2 is 1.97 bits per heavy atom. The molecule has 3 saturated heterocycles. The molecule has 0 radical (unpaired) electrons. The molecule has 4 rings (SSSR count). The average Bonchev–Trinajstić information content (AvgIpc) is 2.81. The standard InChI is InChI=1S/C26H40N2O4S/c1-19(2)31-24-6-5-21(15-20(24)3)25(29)27-11-9-26(10-12-27)18-28(16-23(32-26)17-30-4)22-7-13-33-14-8-22/h5-6,15,19,22-23H,7-14,16-18H2,1-4H3. The molecule has 0 N–H and O–H groups in total. The zero-order valence-corrected chi connectivity index (χ0v) is 21.5. The third-order valence-corrected chi connectivity index (χ3v) is 8.20. The molecule has 1 aromatic carbocycles. The number of hydrogen-bond acceptors (Lipinski definition) is 6. The molecule has 3 aliphatic rings. The van der Waals surface area contributed by atoms with Gasteiger partial charge in [0, 0.05) is 44.9 Å². The van der Waals surface area contributed by atoms with Gasteiger partial charge in [-0.3, -0.25) is 9.69 Å². The molecule has 33 heavy (non-hydrogen) atoms. The summed E-state index contributed by atoms with van der Waals surface area (Å²) in [6, 6.07) is 6.43. The van der Waals surface area contributed by atoms with E-state index < -0.39 is 0 Å². The molecule has 0 aromatic heterocycles. The highest BCUT2D eigenvalue weighted by Gasteiger charge is 2.45. The molecule has 1 spiro atoms. The van der Waals surface area contributed by atoms with E-state index in [1.54, 1.807) is 7.11 Å². The first kappa shape index (κ1) is 24.8. The van der Waals surface area contributed by atoms with Gasteiger partial charge in [-0.2, -0.15) is 11.8 Å². The quantitative estimate of drug-likeness (QED) is 0.619. The van der Waals surface area contributed by atoms with Gasteiger partial charge in [0.1, 0.15) is 5.75 Å². The Bertz CT molecular complexity index is 803. The van der Waals surface area contributed by atoms with Crippen LogP contribution in [-0.4, -0.2) is 91.0 Å². The molecule has 6 nitrogen and oxygen atoms in total. The van der Waals surface area contributed by atoms with E-state index in [1.165, 1.54) is 24.3 Å². The number of benzene rings is 1. The first-order valence-corrected chi connectivity index (χ1v) is 13.6. The Balaban J connectivity index is 1.40. The number of hydrogen-bond donors (Lipinski definition) is 0. The van der Waals surface area contributed by atoms with Gasteiger partial charge in [0.25, 0.3) is 5.91 Å². The predicted octanol–water partition coefficient (Wildman–Crippen LogP) is 4.00. The number of piperidine rings is 1. The number of rotatable bonds is 6. The number of ether oxygens (including phenoxy) is 3. The van der Waals surface area contributed by atoms with E-state index in [4.69, 9.17) is 14.2 Å². The van der Waals surface area contributed by atoms with E-state index in [-0.39, 0.29) is 23.7 Å². The number of likely N-dealkylation sites (tertiary alicyclic amines) is 1. The summed E-state index contributed by atoms with van der Waals surface area (Å²) in [5.41, 5.74) is 1.57. The topological polar surface area (TPSA) is 51.2 Å². The third kappa shape index (κ3) is 6.05. The van der Waals surface area contributed by atoms with Crippen molar-refractivity contribution in [1.29, 1.82) is 0 Å². The van der Waals surface area contributed by atoms with Crippen molar-refractivity contribution >= 4 is 17.7 Å². The average molecular weight is 477 g/mol. The number of nitrogens with zero attached hydrogens (tertiary/aromatic N) is 2. The minimum absolute atomic E-state index is 0.106. The lowest BCUT2D eigenvalue weighted by atomic mass is 9.87. The van der Waals surface area contributed by atoms with Crippen molar-refractivity contribution in [3.05, 3.63) is 29.3 Å². The molecule has 0 bridgehead atoms. The Labute approximate surface area is 203 Å². The van der Waals surface area contributed by atoms with Crippen LogP contribution in [0.4, 0.5) is 0 Å². The molecule has 184 valence electrons. The van der Waals surface area contributed by atoms with Crippen LogP contribution in [0.15, 0.2) is 18.2 Å². The number of morpholine rings is 1. The Morgan fingerprint density at radius 1 is 1.24 bits per heavy atom. The van der Waals surface area contributed by atoms with Gasteiger partial charge >= 0.3 is 0 Å². The Morgan fingerprint density at radius 3 is 2.61 bits per heavy atom. The summed E-state index contributed by atoms with van der Waals surface area (Å²) in [5.74, 6) is 3.47. The normalized spacial score (nSPS) is 24.4. The second kappa shape index (κ2) is 11.0. The minimum Gasteiger partial charge on any atom is -0.491 e. The molecular weight excluding hydrogens is 436 g/mol. The van der Waals surface area contributed by atoms with E-state index in [9.17, 15) is 4.79 Å². The highest BCUT2D eigenvalue weighted by molar-refractivity contribution is 7.99. The molecule has 1 atom stereocenters. The summed E-state index contributed by atoms with van der Waals surface area (Å²) in [5, 5.41) is 0. The molecule has 3 fully saturated rings. The van der Waals surface area contributed by atoms with E-state index in [1.807, 2.05) is 43.9 Å². The fraction of sp³-hybridized carbons (Fsp3) is 0.731. The summed E-state index contributed by atoms with van der Waals surface area (Å²) in [6.45, 7) is 10.1. The number of amides is 1. The maximum absolute atomic E-state index is 13.2. The highest BCUT2D eigenvalue weighted by Crippen LogP contribution is 2.36. The molecule has 3 heterocycles. The zero-order valence-electron chi connectivity index (χ0n) is 20.7. The monoisotopic (exact) mass is 476 g/mol. The largest absolute Gasteiger partial charge is 0.491 e. The first-order valence-electron chi connectivity index (χ1n) is 12.4. The van der Waals surface area contributed by atoms with Crippen molar-refractivity contribution in [2.75, 3.05) is 51.4 Å². The van der Waals surface area contributed by atoms with Crippen LogP contribution in [0.25, 0.3) is 0 Å². The second-order valence-electron chi connectivity index (χ2n) is 10.1. The van der Waals surface area contributed by atoms with Crippen LogP contribution in [0.1, 0.15) is 55.5 Å². The molecule has 3 aliphatic heterocycles. The summed E-state index contributed by atoms with van der Waals surface area (Å²) < 4.78 is 18.0. The minimum atomic E-state index is -0.173. The van der Waals surface area contributed by atoms with Crippen LogP contribution in [-0.2, 0) is 9.47 Å². The molecule has 1 aromatic rings. The van der Waals surface area contributed by atoms with Crippen molar-refractivity contribution < 1.29 is 19.0 Å². The molecular formula is C26H40N2O4S. The van der Waals surface area contributed by atoms with E-state index in [0.717, 1.165) is 55.9 Å². The van der Waals surface area contributed by atoms with E-state index >= 15 is 0 Å². The molecule has 0 saturated carbocycles. The van der Waals surface area contributed by atoms with E-state index in [2.05, 4.69) is 16.7 Å². The lowest BCUT2D eigenvalue weighted by Gasteiger charge is -2.52. The smallest absolute Gasteiger partial charge is 0.253 e. The summed E-state index contributed by atoms with van der Waals surface area (Å²) in [4.78, 5) is 17.9. The maximum atomic E-state index is 13.2. The Hall–Kier alpha value is -1.28. The molecule has 1 amide bonds. The van der Waals surface area contributed by atoms with Gasteiger partial charge in [-0.15, -0.1) is 0 Å². The first-order chi connectivity index (χ1) is 15.9. The summed E-state index contributed by atoms with van der Waals surface area (Å²) in [7, 11) is 1.76. The van der Waals surface area contributed by atoms with Crippen molar-refractivity contribution in [1.82, 2.24) is 9.80 Å². The number of thioether (sulfide) groups is 1. The summed E-state index contributed by atoms with van der Waals surface area (Å²) in [6.07, 6.45) is 4.51. The van der Waals surface area contributed by atoms with Gasteiger partial charge in [-0.25, -0.2) is 0 Å². The highest BCUT2D eigenvalue weighted by atomic mass is 32.2. The number of aryl methyl sites for hydroxylation is 1. The molecule has 0 aliphatic carbocycles. The van der Waals surface area contributed by atoms with Gasteiger partial charge in [-0.05, 0) is 81.7 Å². The van der Waals surface area contributed by atoms with Crippen LogP contribution in [0.2, 0.25) is 0 Å². The van der Waals surface area contributed by atoms with Crippen LogP contribution in [0.3, 0.4) is 0 Å². The molecule has 7 heteroatoms. The van der Waals surface area contributed by atoms with Crippen LogP contribution in [0, 0.1) is 6.92 Å². The number of carbonyl (C=O) groups is 1. The van der Waals surface area contributed by atoms with Crippen LogP contribution >= 0.6 is 11.8 Å². The van der Waals surface area contributed by atoms with Crippen molar-refractivity contribution in [3.63, 3.8) is 0 Å². The van der Waals surface area contributed by atoms with Crippen LogP contribution in [0.5, 0.6) is 5.75 Å². The fourth-order valence-electron chi connectivity index (χ4n) is 5.47. The number of carbonyl (C=O) groups excluding carboxylic acids is 1. The van der Waals surface area contributed by atoms with Crippen molar-refractivity contribution in [3.8, 4) is 5.75 Å². The van der Waals surface area contributed by atoms with Crippen molar-refractivity contribution in [2.45, 2.75) is 70.3 Å². The van der Waals surface area contributed by atoms with E-state index in [0.29, 0.717) is 12.6 Å². The predicted molar refractivity (Wildman–Crippen MR) is 133 cm³/mol. The maximum Gasteiger partial charge on any atom is 0.253 e. The fourth-order valence-corrected chi connectivity index (χ4v) is 6.55. The molecule has 1 unspecified atom stereocenters. The second-order valence-corrected chi connectivity index (χ2v) is 11.3. The van der Waals surface area contributed by atoms with Gasteiger partial charge in [0.2, 0.25) is 0 Å². The number of methoxy groups -OCH3 is 1. The lowest BCUT2D eigenvalue weighted by molar-refractivity contribution is -0.192. The SMILES string of the molecule is COCC1CN(C2CCSCC2)CC2(CCN(C(=O)c3ccc(OC(C)C)c(C)c3)CC2)O1.